The molecule has 0 amide bonds. The molecule has 0 unspecified atom stereocenters. The van der Waals surface area contributed by atoms with Crippen molar-refractivity contribution in [3.63, 3.8) is 0 Å². The quantitative estimate of drug-likeness (QED) is 0.779. The fraction of sp³-hybridized carbons (Fsp3) is 0.176. The second-order valence-electron chi connectivity index (χ2n) is 4.99. The van der Waals surface area contributed by atoms with E-state index in [0.717, 1.165) is 24.4 Å². The highest BCUT2D eigenvalue weighted by atomic mass is 15.4. The van der Waals surface area contributed by atoms with E-state index in [-0.39, 0.29) is 0 Å². The molecule has 0 saturated carbocycles. The number of hydrogen-bond donors (Lipinski definition) is 1. The van der Waals surface area contributed by atoms with Crippen LogP contribution in [0.15, 0.2) is 60.7 Å². The van der Waals surface area contributed by atoms with Crippen molar-refractivity contribution in [1.29, 1.82) is 0 Å². The van der Waals surface area contributed by atoms with Crippen molar-refractivity contribution < 1.29 is 0 Å². The third-order valence-corrected chi connectivity index (χ3v) is 3.50. The summed E-state index contributed by atoms with van der Waals surface area (Å²) in [5.41, 5.74) is 10.2. The van der Waals surface area contributed by atoms with Gasteiger partial charge < -0.3 is 5.73 Å². The topological polar surface area (TPSA) is 56.7 Å². The van der Waals surface area contributed by atoms with Crippen LogP contribution in [0.1, 0.15) is 22.5 Å². The third-order valence-electron chi connectivity index (χ3n) is 3.50. The van der Waals surface area contributed by atoms with Crippen molar-refractivity contribution in [3.8, 4) is 0 Å². The zero-order valence-electron chi connectivity index (χ0n) is 11.8. The highest BCUT2D eigenvalue weighted by Crippen LogP contribution is 2.14. The molecule has 0 bridgehead atoms. The Morgan fingerprint density at radius 1 is 0.857 bits per heavy atom. The highest BCUT2D eigenvalue weighted by molar-refractivity contribution is 5.25. The number of nitrogens with zero attached hydrogens (tertiary/aromatic N) is 3. The Hall–Kier alpha value is -2.46. The summed E-state index contributed by atoms with van der Waals surface area (Å²) < 4.78 is 1.95. The number of aromatic nitrogens is 3. The maximum Gasteiger partial charge on any atom is 0.0998 e. The number of nitrogens with two attached hydrogens (primary N) is 1. The van der Waals surface area contributed by atoms with Crippen LogP contribution >= 0.6 is 0 Å². The van der Waals surface area contributed by atoms with E-state index in [1.54, 1.807) is 0 Å². The Morgan fingerprint density at radius 2 is 1.48 bits per heavy atom. The van der Waals surface area contributed by atoms with E-state index < -0.39 is 0 Å². The molecule has 0 radical (unpaired) electrons. The number of rotatable bonds is 5. The van der Waals surface area contributed by atoms with Gasteiger partial charge in [-0.1, -0.05) is 65.9 Å². The van der Waals surface area contributed by atoms with Crippen LogP contribution < -0.4 is 5.73 Å². The molecule has 0 aliphatic carbocycles. The maximum absolute atomic E-state index is 5.80. The summed E-state index contributed by atoms with van der Waals surface area (Å²) in [6.07, 6.45) is 0.799. The molecule has 0 spiro atoms. The number of benzene rings is 2. The van der Waals surface area contributed by atoms with Crippen LogP contribution in [-0.2, 0) is 19.5 Å². The van der Waals surface area contributed by atoms with Gasteiger partial charge in [0.2, 0.25) is 0 Å². The van der Waals surface area contributed by atoms with Gasteiger partial charge in [0.15, 0.2) is 0 Å². The molecule has 1 aromatic heterocycles. The minimum atomic E-state index is 0.414. The molecule has 0 saturated heterocycles. The molecule has 21 heavy (non-hydrogen) atoms. The summed E-state index contributed by atoms with van der Waals surface area (Å²) in [4.78, 5) is 0. The monoisotopic (exact) mass is 278 g/mol. The van der Waals surface area contributed by atoms with Crippen LogP contribution in [0.2, 0.25) is 0 Å². The van der Waals surface area contributed by atoms with Gasteiger partial charge >= 0.3 is 0 Å². The normalized spacial score (nSPS) is 10.7. The van der Waals surface area contributed by atoms with Gasteiger partial charge in [-0.05, 0) is 11.1 Å². The van der Waals surface area contributed by atoms with E-state index in [0.29, 0.717) is 6.54 Å². The molecular weight excluding hydrogens is 260 g/mol. The van der Waals surface area contributed by atoms with E-state index in [2.05, 4.69) is 34.6 Å². The molecule has 0 aliphatic heterocycles. The van der Waals surface area contributed by atoms with Crippen molar-refractivity contribution in [2.45, 2.75) is 19.5 Å². The molecule has 4 heteroatoms. The standard InChI is InChI=1S/C17H18N4/c18-12-16-17(11-14-7-3-1-4-8-14)21(20-19-16)13-15-9-5-2-6-10-15/h1-10H,11-13,18H2. The zero-order valence-corrected chi connectivity index (χ0v) is 11.8. The maximum atomic E-state index is 5.80. The molecule has 4 nitrogen and oxygen atoms in total. The van der Waals surface area contributed by atoms with E-state index in [9.17, 15) is 0 Å². The summed E-state index contributed by atoms with van der Waals surface area (Å²) in [6, 6.07) is 20.6. The van der Waals surface area contributed by atoms with Crippen LogP contribution in [0.3, 0.4) is 0 Å². The molecule has 3 aromatic rings. The lowest BCUT2D eigenvalue weighted by Crippen LogP contribution is -2.09. The van der Waals surface area contributed by atoms with E-state index in [4.69, 9.17) is 5.73 Å². The molecule has 0 atom stereocenters. The Bertz CT molecular complexity index is 689. The lowest BCUT2D eigenvalue weighted by molar-refractivity contribution is 0.625. The van der Waals surface area contributed by atoms with E-state index >= 15 is 0 Å². The Balaban J connectivity index is 1.89. The van der Waals surface area contributed by atoms with Crippen LogP contribution in [0.25, 0.3) is 0 Å². The summed E-state index contributed by atoms with van der Waals surface area (Å²) in [7, 11) is 0. The van der Waals surface area contributed by atoms with Crippen LogP contribution in [0.4, 0.5) is 0 Å². The Kier molecular flexibility index (Phi) is 4.07. The molecule has 1 heterocycles. The van der Waals surface area contributed by atoms with E-state index in [1.165, 1.54) is 11.1 Å². The van der Waals surface area contributed by atoms with Gasteiger partial charge in [0.25, 0.3) is 0 Å². The first kappa shape index (κ1) is 13.5. The molecule has 0 aliphatic rings. The zero-order chi connectivity index (χ0) is 14.5. The predicted octanol–water partition coefficient (Wildman–Crippen LogP) is 2.38. The van der Waals surface area contributed by atoms with Crippen molar-refractivity contribution >= 4 is 0 Å². The smallest absolute Gasteiger partial charge is 0.0998 e. The van der Waals surface area contributed by atoms with Crippen LogP contribution in [0, 0.1) is 0 Å². The minimum Gasteiger partial charge on any atom is -0.325 e. The Labute approximate surface area is 124 Å². The van der Waals surface area contributed by atoms with Crippen LogP contribution in [-0.4, -0.2) is 15.0 Å². The van der Waals surface area contributed by atoms with Crippen molar-refractivity contribution in [2.24, 2.45) is 5.73 Å². The first-order chi connectivity index (χ1) is 10.4. The van der Waals surface area contributed by atoms with Gasteiger partial charge in [-0.3, -0.25) is 0 Å². The van der Waals surface area contributed by atoms with Crippen LogP contribution in [0.5, 0.6) is 0 Å². The summed E-state index contributed by atoms with van der Waals surface area (Å²) in [5, 5.41) is 8.48. The summed E-state index contributed by atoms with van der Waals surface area (Å²) in [5.74, 6) is 0. The van der Waals surface area contributed by atoms with Crippen molar-refractivity contribution in [3.05, 3.63) is 83.2 Å². The average Bonchev–Trinajstić information content (AvgIpc) is 2.91. The second kappa shape index (κ2) is 6.33. The molecule has 2 aromatic carbocycles. The fourth-order valence-electron chi connectivity index (χ4n) is 2.39. The number of hydrogen-bond acceptors (Lipinski definition) is 3. The SMILES string of the molecule is NCc1nnn(Cc2ccccc2)c1Cc1ccccc1. The third kappa shape index (κ3) is 3.17. The van der Waals surface area contributed by atoms with Crippen molar-refractivity contribution in [1.82, 2.24) is 15.0 Å². The van der Waals surface area contributed by atoms with Gasteiger partial charge in [-0.2, -0.15) is 0 Å². The summed E-state index contributed by atoms with van der Waals surface area (Å²) in [6.45, 7) is 1.13. The largest absolute Gasteiger partial charge is 0.325 e. The van der Waals surface area contributed by atoms with Crippen molar-refractivity contribution in [2.75, 3.05) is 0 Å². The predicted molar refractivity (Wildman–Crippen MR) is 82.7 cm³/mol. The average molecular weight is 278 g/mol. The highest BCUT2D eigenvalue weighted by Gasteiger charge is 2.12. The molecular formula is C17H18N4. The molecule has 0 fully saturated rings. The minimum absolute atomic E-state index is 0.414. The van der Waals surface area contributed by atoms with Gasteiger partial charge in [-0.15, -0.1) is 5.10 Å². The lowest BCUT2D eigenvalue weighted by atomic mass is 10.1. The first-order valence-corrected chi connectivity index (χ1v) is 7.06. The lowest BCUT2D eigenvalue weighted by Gasteiger charge is -2.08. The molecule has 3 rings (SSSR count). The van der Waals surface area contributed by atoms with Gasteiger partial charge in [0.1, 0.15) is 0 Å². The second-order valence-corrected chi connectivity index (χ2v) is 4.99. The fourth-order valence-corrected chi connectivity index (χ4v) is 2.39. The molecule has 2 N–H and O–H groups in total. The Morgan fingerprint density at radius 3 is 2.10 bits per heavy atom. The van der Waals surface area contributed by atoms with Gasteiger partial charge in [0, 0.05) is 13.0 Å². The van der Waals surface area contributed by atoms with E-state index in [1.807, 2.05) is 41.1 Å². The van der Waals surface area contributed by atoms with Gasteiger partial charge in [0.05, 0.1) is 17.9 Å². The first-order valence-electron chi connectivity index (χ1n) is 7.06. The molecule has 106 valence electrons. The van der Waals surface area contributed by atoms with Gasteiger partial charge in [-0.25, -0.2) is 4.68 Å². The summed E-state index contributed by atoms with van der Waals surface area (Å²) >= 11 is 0.